The van der Waals surface area contributed by atoms with Gasteiger partial charge in [0.2, 0.25) is 0 Å². The molecule has 1 aromatic heterocycles. The van der Waals surface area contributed by atoms with Crippen molar-refractivity contribution in [2.75, 3.05) is 16.4 Å². The maximum absolute atomic E-state index is 12.6. The van der Waals surface area contributed by atoms with Crippen molar-refractivity contribution in [1.29, 1.82) is 0 Å². The summed E-state index contributed by atoms with van der Waals surface area (Å²) < 4.78 is 0. The lowest BCUT2D eigenvalue weighted by Gasteiger charge is -2.09. The average molecular weight is 454 g/mol. The molecule has 1 heterocycles. The zero-order chi connectivity index (χ0) is 23.9. The summed E-state index contributed by atoms with van der Waals surface area (Å²) >= 11 is 0. The Morgan fingerprint density at radius 2 is 1.35 bits per heavy atom. The van der Waals surface area contributed by atoms with E-state index in [1.807, 2.05) is 6.07 Å². The van der Waals surface area contributed by atoms with E-state index in [1.54, 1.807) is 72.8 Å². The number of nitrogen functional groups attached to an aromatic ring is 1. The number of nitrogens with zero attached hydrogens (tertiary/aromatic N) is 1. The Balaban J connectivity index is 1.34. The van der Waals surface area contributed by atoms with Gasteiger partial charge in [-0.2, -0.15) is 5.10 Å². The van der Waals surface area contributed by atoms with Crippen LogP contribution in [0.2, 0.25) is 0 Å². The van der Waals surface area contributed by atoms with Gasteiger partial charge in [0, 0.05) is 17.7 Å². The Hall–Kier alpha value is -4.92. The molecular weight excluding hydrogens is 432 g/mol. The summed E-state index contributed by atoms with van der Waals surface area (Å²) in [6.07, 6.45) is 1.38. The number of para-hydroxylation sites is 2. The first-order valence-corrected chi connectivity index (χ1v) is 10.4. The molecule has 9 heteroatoms. The number of anilines is 3. The van der Waals surface area contributed by atoms with Crippen molar-refractivity contribution in [1.82, 2.24) is 15.5 Å². The highest BCUT2D eigenvalue weighted by atomic mass is 16.2. The molecule has 0 bridgehead atoms. The molecule has 0 fully saturated rings. The highest BCUT2D eigenvalue weighted by Gasteiger charge is 2.16. The molecular formula is C25H22N6O3. The van der Waals surface area contributed by atoms with Crippen molar-refractivity contribution in [3.63, 3.8) is 0 Å². The molecule has 0 saturated heterocycles. The van der Waals surface area contributed by atoms with Crippen LogP contribution in [0.1, 0.15) is 36.8 Å². The van der Waals surface area contributed by atoms with Gasteiger partial charge in [0.25, 0.3) is 17.7 Å². The summed E-state index contributed by atoms with van der Waals surface area (Å²) in [6, 6.07) is 22.5. The summed E-state index contributed by atoms with van der Waals surface area (Å²) in [5.41, 5.74) is 9.01. The monoisotopic (exact) mass is 454 g/mol. The van der Waals surface area contributed by atoms with E-state index in [-0.39, 0.29) is 29.7 Å². The van der Waals surface area contributed by atoms with Crippen LogP contribution in [0.4, 0.5) is 17.1 Å². The number of aromatic nitrogens is 2. The van der Waals surface area contributed by atoms with Gasteiger partial charge < -0.3 is 21.7 Å². The Kier molecular flexibility index (Phi) is 6.64. The number of nitrogens with two attached hydrogens (primary N) is 1. The van der Waals surface area contributed by atoms with Gasteiger partial charge >= 0.3 is 0 Å². The molecule has 0 aliphatic carbocycles. The van der Waals surface area contributed by atoms with E-state index in [9.17, 15) is 14.4 Å². The second-order valence-electron chi connectivity index (χ2n) is 7.40. The van der Waals surface area contributed by atoms with Crippen molar-refractivity contribution < 1.29 is 14.4 Å². The minimum atomic E-state index is -0.428. The van der Waals surface area contributed by atoms with Crippen LogP contribution in [-0.2, 0) is 6.54 Å². The van der Waals surface area contributed by atoms with E-state index in [0.717, 1.165) is 5.56 Å². The molecule has 0 aliphatic rings. The summed E-state index contributed by atoms with van der Waals surface area (Å²) in [7, 11) is 0. The Bertz CT molecular complexity index is 1320. The first-order valence-electron chi connectivity index (χ1n) is 10.4. The van der Waals surface area contributed by atoms with Crippen molar-refractivity contribution in [2.45, 2.75) is 6.54 Å². The topological polar surface area (TPSA) is 142 Å². The van der Waals surface area contributed by atoms with Gasteiger partial charge in [-0.05, 0) is 42.0 Å². The van der Waals surface area contributed by atoms with E-state index < -0.39 is 5.91 Å². The van der Waals surface area contributed by atoms with Crippen molar-refractivity contribution in [3.05, 3.63) is 107 Å². The van der Waals surface area contributed by atoms with E-state index in [1.165, 1.54) is 6.20 Å². The predicted octanol–water partition coefficient (Wildman–Crippen LogP) is 3.43. The predicted molar refractivity (Wildman–Crippen MR) is 129 cm³/mol. The summed E-state index contributed by atoms with van der Waals surface area (Å²) in [5, 5.41) is 14.7. The zero-order valence-corrected chi connectivity index (χ0v) is 18.0. The fourth-order valence-corrected chi connectivity index (χ4v) is 3.19. The number of rotatable bonds is 7. The number of hydrogen-bond donors (Lipinski definition) is 5. The first-order chi connectivity index (χ1) is 16.5. The minimum Gasteiger partial charge on any atom is -0.397 e. The molecule has 0 aliphatic heterocycles. The van der Waals surface area contributed by atoms with E-state index >= 15 is 0 Å². The van der Waals surface area contributed by atoms with Gasteiger partial charge in [0.1, 0.15) is 5.69 Å². The van der Waals surface area contributed by atoms with Crippen molar-refractivity contribution >= 4 is 34.8 Å². The number of hydrogen-bond acceptors (Lipinski definition) is 5. The Labute approximate surface area is 195 Å². The maximum Gasteiger partial charge on any atom is 0.271 e. The lowest BCUT2D eigenvalue weighted by molar-refractivity contribution is 0.0945. The Morgan fingerprint density at radius 1 is 0.735 bits per heavy atom. The van der Waals surface area contributed by atoms with Crippen LogP contribution in [0.3, 0.4) is 0 Å². The van der Waals surface area contributed by atoms with Gasteiger partial charge in [0.15, 0.2) is 0 Å². The third-order valence-electron chi connectivity index (χ3n) is 5.03. The van der Waals surface area contributed by atoms with Crippen LogP contribution in [0.15, 0.2) is 85.1 Å². The number of nitrogens with one attached hydrogen (secondary N) is 4. The number of aromatic amines is 1. The molecule has 3 amide bonds. The number of carbonyl (C=O) groups excluding carboxylic acids is 3. The van der Waals surface area contributed by atoms with Gasteiger partial charge in [-0.1, -0.05) is 42.5 Å². The maximum atomic E-state index is 12.6. The zero-order valence-electron chi connectivity index (χ0n) is 18.0. The van der Waals surface area contributed by atoms with Crippen molar-refractivity contribution in [2.24, 2.45) is 0 Å². The molecule has 0 radical (unpaired) electrons. The lowest BCUT2D eigenvalue weighted by Crippen LogP contribution is -2.25. The van der Waals surface area contributed by atoms with E-state index in [2.05, 4.69) is 26.1 Å². The first kappa shape index (κ1) is 22.3. The Morgan fingerprint density at radius 3 is 2.06 bits per heavy atom. The second kappa shape index (κ2) is 10.1. The molecule has 4 rings (SSSR count). The van der Waals surface area contributed by atoms with Gasteiger partial charge in [-0.3, -0.25) is 19.5 Å². The summed E-state index contributed by atoms with van der Waals surface area (Å²) in [4.78, 5) is 37.4. The highest BCUT2D eigenvalue weighted by Crippen LogP contribution is 2.18. The van der Waals surface area contributed by atoms with Gasteiger partial charge in [-0.25, -0.2) is 0 Å². The third-order valence-corrected chi connectivity index (χ3v) is 5.03. The van der Waals surface area contributed by atoms with Crippen molar-refractivity contribution in [3.8, 4) is 0 Å². The normalized spacial score (nSPS) is 10.4. The number of carbonyl (C=O) groups is 3. The quantitative estimate of drug-likeness (QED) is 0.272. The van der Waals surface area contributed by atoms with Crippen LogP contribution in [0.25, 0.3) is 0 Å². The molecule has 0 atom stereocenters. The van der Waals surface area contributed by atoms with Crippen LogP contribution in [0.5, 0.6) is 0 Å². The highest BCUT2D eigenvalue weighted by molar-refractivity contribution is 6.08. The SMILES string of the molecule is Nc1ccccc1NC(=O)c1ccc(CNC(=O)c2[nH]ncc2NC(=O)c2ccccc2)cc1. The molecule has 3 aromatic carbocycles. The van der Waals surface area contributed by atoms with Crippen LogP contribution >= 0.6 is 0 Å². The average Bonchev–Trinajstić information content (AvgIpc) is 3.33. The fourth-order valence-electron chi connectivity index (χ4n) is 3.19. The molecule has 34 heavy (non-hydrogen) atoms. The molecule has 6 N–H and O–H groups in total. The molecule has 4 aromatic rings. The van der Waals surface area contributed by atoms with Crippen LogP contribution in [0, 0.1) is 0 Å². The largest absolute Gasteiger partial charge is 0.397 e. The number of benzene rings is 3. The van der Waals surface area contributed by atoms with Crippen LogP contribution in [-0.4, -0.2) is 27.9 Å². The second-order valence-corrected chi connectivity index (χ2v) is 7.40. The smallest absolute Gasteiger partial charge is 0.271 e. The minimum absolute atomic E-state index is 0.140. The van der Waals surface area contributed by atoms with E-state index in [0.29, 0.717) is 22.5 Å². The molecule has 0 spiro atoms. The summed E-state index contributed by atoms with van der Waals surface area (Å²) in [5.74, 6) is -1.06. The molecule has 0 unspecified atom stereocenters. The van der Waals surface area contributed by atoms with Gasteiger partial charge in [0.05, 0.1) is 23.3 Å². The van der Waals surface area contributed by atoms with Gasteiger partial charge in [-0.15, -0.1) is 0 Å². The standard InChI is InChI=1S/C25H22N6O3/c26-19-8-4-5-9-20(19)29-24(33)18-12-10-16(11-13-18)14-27-25(34)22-21(15-28-31-22)30-23(32)17-6-2-1-3-7-17/h1-13,15H,14,26H2,(H,27,34)(H,28,31)(H,29,33)(H,30,32). The number of H-pyrrole nitrogens is 1. The fraction of sp³-hybridized carbons (Fsp3) is 0.0400. The summed E-state index contributed by atoms with van der Waals surface area (Å²) in [6.45, 7) is 0.220. The molecule has 0 saturated carbocycles. The van der Waals surface area contributed by atoms with E-state index in [4.69, 9.17) is 5.73 Å². The van der Waals surface area contributed by atoms with Crippen LogP contribution < -0.4 is 21.7 Å². The molecule has 9 nitrogen and oxygen atoms in total. The lowest BCUT2D eigenvalue weighted by atomic mass is 10.1. The number of amides is 3. The third kappa shape index (κ3) is 5.28. The molecule has 170 valence electrons.